The SMILES string of the molecule is [B]c1c([B])c([B])c2c(c1[B])c1c([B])c([B])c([B])c([B])c1n2-c1cc(-c2cc3ccccc3c3ccccc23)c2oc3cc(-c4nc(-c5ccccc5)nc(-c5ccccc5)n4)ccc3c2c1. The molecule has 3 heterocycles. The summed E-state index contributed by atoms with van der Waals surface area (Å²) in [4.78, 5) is 14.9. The van der Waals surface area contributed by atoms with Crippen molar-refractivity contribution >= 4 is 172 Å². The number of furan rings is 1. The fourth-order valence-electron chi connectivity index (χ4n) is 9.52. The van der Waals surface area contributed by atoms with E-state index in [2.05, 4.69) is 36.4 Å². The van der Waals surface area contributed by atoms with Crippen LogP contribution in [0, 0.1) is 0 Å². The monoisotopic (exact) mass is 820 g/mol. The number of rotatable bonds is 5. The molecule has 0 unspecified atom stereocenters. The third kappa shape index (κ3) is 5.95. The topological polar surface area (TPSA) is 56.7 Å². The van der Waals surface area contributed by atoms with E-state index in [0.717, 1.165) is 60.1 Å². The molecule has 13 heteroatoms. The third-order valence-electron chi connectivity index (χ3n) is 12.8. The molecule has 66 heavy (non-hydrogen) atoms. The molecule has 0 fully saturated rings. The van der Waals surface area contributed by atoms with Gasteiger partial charge < -0.3 is 8.98 Å². The minimum atomic E-state index is 0.118. The summed E-state index contributed by atoms with van der Waals surface area (Å²) in [5.41, 5.74) is 8.20. The second-order valence-corrected chi connectivity index (χ2v) is 16.5. The van der Waals surface area contributed by atoms with Crippen LogP contribution in [0.25, 0.3) is 116 Å². The average Bonchev–Trinajstić information content (AvgIpc) is 3.93. The van der Waals surface area contributed by atoms with Crippen LogP contribution >= 0.6 is 0 Å². The highest BCUT2D eigenvalue weighted by Crippen LogP contribution is 2.44. The van der Waals surface area contributed by atoms with Gasteiger partial charge in [-0.1, -0.05) is 137 Å². The highest BCUT2D eigenvalue weighted by molar-refractivity contribution is 6.71. The quantitative estimate of drug-likeness (QED) is 0.193. The first-order chi connectivity index (χ1) is 32.1. The van der Waals surface area contributed by atoms with Gasteiger partial charge in [-0.3, -0.25) is 0 Å². The molecular weight excluding hydrogens is 795 g/mol. The lowest BCUT2D eigenvalue weighted by Gasteiger charge is -2.19. The molecule has 0 aliphatic carbocycles. The van der Waals surface area contributed by atoms with Gasteiger partial charge in [0, 0.05) is 49.7 Å². The fraction of sp³-hybridized carbons (Fsp3) is 0. The van der Waals surface area contributed by atoms with Gasteiger partial charge in [-0.25, -0.2) is 15.0 Å². The summed E-state index contributed by atoms with van der Waals surface area (Å²) < 4.78 is 8.95. The molecule has 0 aliphatic heterocycles. The summed E-state index contributed by atoms with van der Waals surface area (Å²) in [6.45, 7) is 0. The smallest absolute Gasteiger partial charge is 0.164 e. The number of hydrogen-bond acceptors (Lipinski definition) is 4. The van der Waals surface area contributed by atoms with Crippen molar-refractivity contribution in [2.75, 3.05) is 0 Å². The van der Waals surface area contributed by atoms with E-state index in [1.807, 2.05) is 114 Å². The summed E-state index contributed by atoms with van der Waals surface area (Å²) in [6.07, 6.45) is 0. The van der Waals surface area contributed by atoms with E-state index in [9.17, 15) is 0 Å². The minimum absolute atomic E-state index is 0.118. The summed E-state index contributed by atoms with van der Waals surface area (Å²) in [6, 6.07) is 48.7. The van der Waals surface area contributed by atoms with Crippen molar-refractivity contribution in [1.29, 1.82) is 0 Å². The first-order valence-electron chi connectivity index (χ1n) is 21.2. The van der Waals surface area contributed by atoms with Crippen LogP contribution in [-0.2, 0) is 0 Å². The van der Waals surface area contributed by atoms with Crippen molar-refractivity contribution in [3.63, 3.8) is 0 Å². The zero-order valence-electron chi connectivity index (χ0n) is 35.2. The molecule has 0 aliphatic rings. The maximum atomic E-state index is 7.05. The van der Waals surface area contributed by atoms with E-state index in [4.69, 9.17) is 82.1 Å². The van der Waals surface area contributed by atoms with Gasteiger partial charge in [-0.15, -0.1) is 21.9 Å². The number of fused-ring (bicyclic) bond motifs is 9. The van der Waals surface area contributed by atoms with Crippen molar-refractivity contribution in [3.8, 4) is 51.0 Å². The molecule has 9 aromatic carbocycles. The molecule has 5 nitrogen and oxygen atoms in total. The van der Waals surface area contributed by atoms with Crippen molar-refractivity contribution < 1.29 is 4.42 Å². The Hall–Kier alpha value is -7.37. The van der Waals surface area contributed by atoms with E-state index in [1.165, 1.54) is 0 Å². The van der Waals surface area contributed by atoms with Gasteiger partial charge in [-0.2, -0.15) is 0 Å². The number of benzene rings is 9. The summed E-state index contributed by atoms with van der Waals surface area (Å²) >= 11 is 0. The predicted octanol–water partition coefficient (Wildman–Crippen LogP) is 4.19. The molecule has 3 aromatic heterocycles. The Morgan fingerprint density at radius 1 is 0.364 bits per heavy atom. The van der Waals surface area contributed by atoms with Crippen LogP contribution in [0.1, 0.15) is 0 Å². The van der Waals surface area contributed by atoms with E-state index >= 15 is 0 Å². The van der Waals surface area contributed by atoms with Crippen molar-refractivity contribution in [1.82, 2.24) is 19.5 Å². The van der Waals surface area contributed by atoms with Gasteiger partial charge >= 0.3 is 0 Å². The van der Waals surface area contributed by atoms with Crippen LogP contribution in [-0.4, -0.2) is 82.3 Å². The van der Waals surface area contributed by atoms with E-state index < -0.39 is 0 Å². The molecule has 0 atom stereocenters. The van der Waals surface area contributed by atoms with Gasteiger partial charge in [0.1, 0.15) is 73.9 Å². The molecule has 12 rings (SSSR count). The van der Waals surface area contributed by atoms with Crippen LogP contribution in [0.5, 0.6) is 0 Å². The summed E-state index contributed by atoms with van der Waals surface area (Å²) in [7, 11) is 53.7. The second kappa shape index (κ2) is 15.1. The number of nitrogens with zero attached hydrogens (tertiary/aromatic N) is 4. The molecule has 0 amide bonds. The summed E-state index contributed by atoms with van der Waals surface area (Å²) in [5, 5.41) is 6.81. The average molecular weight is 819 g/mol. The molecule has 0 bridgehead atoms. The van der Waals surface area contributed by atoms with Crippen LogP contribution in [0.3, 0.4) is 0 Å². The van der Waals surface area contributed by atoms with Gasteiger partial charge in [0.2, 0.25) is 0 Å². The Morgan fingerprint density at radius 2 is 0.864 bits per heavy atom. The van der Waals surface area contributed by atoms with Crippen LogP contribution in [0.2, 0.25) is 0 Å². The lowest BCUT2D eigenvalue weighted by molar-refractivity contribution is 0.670. The Kier molecular flexibility index (Phi) is 9.19. The van der Waals surface area contributed by atoms with Crippen molar-refractivity contribution in [2.24, 2.45) is 0 Å². The molecular formula is C53H24B8N4O. The molecule has 286 valence electrons. The van der Waals surface area contributed by atoms with Crippen molar-refractivity contribution in [2.45, 2.75) is 0 Å². The summed E-state index contributed by atoms with van der Waals surface area (Å²) in [5.74, 6) is 1.59. The Morgan fingerprint density at radius 3 is 1.45 bits per heavy atom. The second-order valence-electron chi connectivity index (χ2n) is 16.5. The normalized spacial score (nSPS) is 11.8. The molecule has 12 aromatic rings. The van der Waals surface area contributed by atoms with Gasteiger partial charge in [0.25, 0.3) is 0 Å². The Balaban J connectivity index is 1.19. The first-order valence-corrected chi connectivity index (χ1v) is 21.2. The van der Waals surface area contributed by atoms with E-state index in [-0.39, 0.29) is 43.7 Å². The molecule has 0 saturated carbocycles. The highest BCUT2D eigenvalue weighted by atomic mass is 16.3. The fourth-order valence-corrected chi connectivity index (χ4v) is 9.52. The van der Waals surface area contributed by atoms with Gasteiger partial charge in [0.05, 0.1) is 0 Å². The zero-order valence-corrected chi connectivity index (χ0v) is 35.2. The molecule has 0 spiro atoms. The lowest BCUT2D eigenvalue weighted by atomic mass is 9.63. The van der Waals surface area contributed by atoms with E-state index in [1.54, 1.807) is 0 Å². The minimum Gasteiger partial charge on any atom is -0.455 e. The van der Waals surface area contributed by atoms with Crippen LogP contribution in [0.4, 0.5) is 0 Å². The first kappa shape index (κ1) is 40.2. The van der Waals surface area contributed by atoms with E-state index in [0.29, 0.717) is 56.1 Å². The van der Waals surface area contributed by atoms with Crippen LogP contribution < -0.4 is 43.7 Å². The maximum Gasteiger partial charge on any atom is 0.164 e. The molecule has 0 saturated heterocycles. The largest absolute Gasteiger partial charge is 0.455 e. The van der Waals surface area contributed by atoms with Gasteiger partial charge in [-0.05, 0) is 68.2 Å². The Bertz CT molecular complexity index is 3910. The Labute approximate surface area is 390 Å². The molecule has 16 radical (unpaired) electrons. The third-order valence-corrected chi connectivity index (χ3v) is 12.8. The lowest BCUT2D eigenvalue weighted by Crippen LogP contribution is -2.49. The zero-order chi connectivity index (χ0) is 45.1. The standard InChI is InChI=1S/C53H24B8N4O/c54-40-38-39-41(55)43(57)45(59)47(61)49(39)65(48(38)46(60)44(58)42(40)56)29-23-35-33-20-19-28(53-63-51(25-11-3-1-4-12-25)62-52(64-53)26-13-5-2-6-14-26)22-37(33)66-50(35)36(24-29)34-21-27-15-7-8-16-30(27)31-17-9-10-18-32(31)34/h1-24H. The highest BCUT2D eigenvalue weighted by Gasteiger charge is 2.25. The number of hydrogen-bond donors (Lipinski definition) is 0. The predicted molar refractivity (Wildman–Crippen MR) is 281 cm³/mol. The van der Waals surface area contributed by atoms with Crippen molar-refractivity contribution in [3.05, 3.63) is 146 Å². The van der Waals surface area contributed by atoms with Gasteiger partial charge in [0.15, 0.2) is 17.5 Å². The number of aromatic nitrogens is 4. The van der Waals surface area contributed by atoms with Crippen LogP contribution in [0.15, 0.2) is 150 Å². The molecule has 0 N–H and O–H groups in total. The maximum absolute atomic E-state index is 7.05.